The molecule has 1 aromatic rings. The number of fused-ring (bicyclic) bond motifs is 1. The number of anilines is 1. The summed E-state index contributed by atoms with van der Waals surface area (Å²) in [6.45, 7) is 0. The van der Waals surface area contributed by atoms with E-state index in [4.69, 9.17) is 16.7 Å². The number of carboxylic acids is 1. The van der Waals surface area contributed by atoms with Crippen LogP contribution >= 0.6 is 23.4 Å². The second-order valence-electron chi connectivity index (χ2n) is 5.38. The van der Waals surface area contributed by atoms with Crippen LogP contribution in [-0.4, -0.2) is 33.7 Å². The molecule has 8 heteroatoms. The second-order valence-corrected chi connectivity index (χ2v) is 7.06. The van der Waals surface area contributed by atoms with Crippen LogP contribution in [0.1, 0.15) is 19.3 Å². The highest BCUT2D eigenvalue weighted by atomic mass is 35.5. The van der Waals surface area contributed by atoms with E-state index in [1.807, 2.05) is 0 Å². The summed E-state index contributed by atoms with van der Waals surface area (Å²) < 4.78 is 0. The van der Waals surface area contributed by atoms with Crippen LogP contribution < -0.4 is 10.6 Å². The van der Waals surface area contributed by atoms with E-state index in [2.05, 4.69) is 10.6 Å². The highest BCUT2D eigenvalue weighted by Gasteiger charge is 2.51. The highest BCUT2D eigenvalue weighted by molar-refractivity contribution is 8.01. The predicted octanol–water partition coefficient (Wildman–Crippen LogP) is 1.88. The van der Waals surface area contributed by atoms with Gasteiger partial charge in [0.1, 0.15) is 5.54 Å². The molecule has 1 unspecified atom stereocenters. The van der Waals surface area contributed by atoms with Crippen LogP contribution in [0.5, 0.6) is 0 Å². The zero-order valence-electron chi connectivity index (χ0n) is 11.4. The van der Waals surface area contributed by atoms with Crippen molar-refractivity contribution in [2.24, 2.45) is 0 Å². The Bertz CT molecular complexity index is 675. The normalized spacial score (nSPS) is 21.5. The summed E-state index contributed by atoms with van der Waals surface area (Å²) in [7, 11) is 0. The van der Waals surface area contributed by atoms with E-state index in [1.165, 1.54) is 11.8 Å². The minimum Gasteiger partial charge on any atom is -0.480 e. The molecule has 3 rings (SSSR count). The van der Waals surface area contributed by atoms with Gasteiger partial charge in [0.05, 0.1) is 10.9 Å². The van der Waals surface area contributed by atoms with E-state index in [1.54, 1.807) is 18.2 Å². The van der Waals surface area contributed by atoms with Gasteiger partial charge < -0.3 is 15.7 Å². The van der Waals surface area contributed by atoms with E-state index < -0.39 is 22.7 Å². The number of carbonyl (C=O) groups excluding carboxylic acids is 2. The molecule has 2 aliphatic rings. The SMILES string of the molecule is O=C(CC1Sc2ccc(Cl)cc2NC1=O)NC1(C(=O)O)CC1. The van der Waals surface area contributed by atoms with E-state index in [9.17, 15) is 14.4 Å². The Balaban J connectivity index is 1.66. The first-order valence-electron chi connectivity index (χ1n) is 6.71. The number of rotatable bonds is 4. The molecule has 0 spiro atoms. The van der Waals surface area contributed by atoms with Crippen LogP contribution in [0, 0.1) is 0 Å². The van der Waals surface area contributed by atoms with E-state index >= 15 is 0 Å². The topological polar surface area (TPSA) is 95.5 Å². The van der Waals surface area contributed by atoms with Gasteiger partial charge in [-0.25, -0.2) is 4.79 Å². The number of hydrogen-bond donors (Lipinski definition) is 3. The molecule has 1 aromatic carbocycles. The summed E-state index contributed by atoms with van der Waals surface area (Å²) in [4.78, 5) is 35.9. The number of thioether (sulfide) groups is 1. The Hall–Kier alpha value is -1.73. The van der Waals surface area contributed by atoms with Crippen LogP contribution in [-0.2, 0) is 14.4 Å². The molecule has 2 amide bonds. The van der Waals surface area contributed by atoms with Gasteiger partial charge in [-0.05, 0) is 31.0 Å². The second kappa shape index (κ2) is 5.48. The molecule has 0 aromatic heterocycles. The largest absolute Gasteiger partial charge is 0.480 e. The molecule has 1 aliphatic carbocycles. The maximum Gasteiger partial charge on any atom is 0.329 e. The van der Waals surface area contributed by atoms with E-state index in [0.29, 0.717) is 23.6 Å². The lowest BCUT2D eigenvalue weighted by Crippen LogP contribution is -2.45. The first-order chi connectivity index (χ1) is 10.4. The van der Waals surface area contributed by atoms with Crippen molar-refractivity contribution in [3.05, 3.63) is 23.2 Å². The van der Waals surface area contributed by atoms with Gasteiger partial charge in [0.15, 0.2) is 0 Å². The number of carbonyl (C=O) groups is 3. The third-order valence-electron chi connectivity index (χ3n) is 3.67. The summed E-state index contributed by atoms with van der Waals surface area (Å²) in [5.41, 5.74) is -0.499. The summed E-state index contributed by atoms with van der Waals surface area (Å²) >= 11 is 7.15. The number of hydrogen-bond acceptors (Lipinski definition) is 4. The third kappa shape index (κ3) is 2.91. The molecule has 22 heavy (non-hydrogen) atoms. The fourth-order valence-corrected chi connectivity index (χ4v) is 3.52. The average molecular weight is 341 g/mol. The summed E-state index contributed by atoms with van der Waals surface area (Å²) in [5.74, 6) is -1.73. The van der Waals surface area contributed by atoms with Crippen LogP contribution in [0.15, 0.2) is 23.1 Å². The Morgan fingerprint density at radius 1 is 1.45 bits per heavy atom. The lowest BCUT2D eigenvalue weighted by Gasteiger charge is -2.24. The lowest BCUT2D eigenvalue weighted by molar-refractivity contribution is -0.143. The van der Waals surface area contributed by atoms with Gasteiger partial charge >= 0.3 is 5.97 Å². The molecule has 1 fully saturated rings. The summed E-state index contributed by atoms with van der Waals surface area (Å²) in [6.07, 6.45) is 0.798. The van der Waals surface area contributed by atoms with E-state index in [0.717, 1.165) is 4.90 Å². The van der Waals surface area contributed by atoms with Crippen LogP contribution in [0.2, 0.25) is 5.02 Å². The average Bonchev–Trinajstić information content (AvgIpc) is 3.20. The number of carboxylic acid groups (broad SMARTS) is 1. The highest BCUT2D eigenvalue weighted by Crippen LogP contribution is 2.39. The van der Waals surface area contributed by atoms with Crippen molar-refractivity contribution in [1.82, 2.24) is 5.32 Å². The fourth-order valence-electron chi connectivity index (χ4n) is 2.26. The smallest absolute Gasteiger partial charge is 0.329 e. The molecule has 0 radical (unpaired) electrons. The molecular formula is C14H13ClN2O4S. The third-order valence-corrected chi connectivity index (χ3v) is 5.18. The monoisotopic (exact) mass is 340 g/mol. The molecule has 1 aliphatic heterocycles. The Morgan fingerprint density at radius 2 is 2.18 bits per heavy atom. The molecule has 1 saturated carbocycles. The van der Waals surface area contributed by atoms with Crippen molar-refractivity contribution >= 4 is 46.8 Å². The van der Waals surface area contributed by atoms with Gasteiger partial charge in [-0.15, -0.1) is 11.8 Å². The minimum atomic E-state index is -1.13. The first kappa shape index (κ1) is 15.2. The van der Waals surface area contributed by atoms with Gasteiger partial charge in [-0.3, -0.25) is 9.59 Å². The summed E-state index contributed by atoms with van der Waals surface area (Å²) in [6, 6.07) is 5.15. The maximum atomic E-state index is 12.0. The number of aliphatic carboxylic acids is 1. The van der Waals surface area contributed by atoms with Crippen LogP contribution in [0.3, 0.4) is 0 Å². The Morgan fingerprint density at radius 3 is 2.82 bits per heavy atom. The van der Waals surface area contributed by atoms with Gasteiger partial charge in [0.25, 0.3) is 0 Å². The molecule has 0 saturated heterocycles. The van der Waals surface area contributed by atoms with Crippen molar-refractivity contribution in [3.8, 4) is 0 Å². The molecule has 1 atom stereocenters. The zero-order chi connectivity index (χ0) is 15.9. The Labute approximate surface area is 135 Å². The van der Waals surface area contributed by atoms with Crippen molar-refractivity contribution in [3.63, 3.8) is 0 Å². The number of halogens is 1. The zero-order valence-corrected chi connectivity index (χ0v) is 13.0. The van der Waals surface area contributed by atoms with Gasteiger partial charge in [0, 0.05) is 16.3 Å². The number of nitrogens with one attached hydrogen (secondary N) is 2. The standard InChI is InChI=1S/C14H13ClN2O4S/c15-7-1-2-9-8(5-7)16-12(19)10(22-9)6-11(18)17-14(3-4-14)13(20)21/h1-2,5,10H,3-4,6H2,(H,16,19)(H,17,18)(H,20,21). The molecule has 116 valence electrons. The van der Waals surface area contributed by atoms with Gasteiger partial charge in [-0.2, -0.15) is 0 Å². The summed E-state index contributed by atoms with van der Waals surface area (Å²) in [5, 5.41) is 14.2. The minimum absolute atomic E-state index is 0.0619. The van der Waals surface area contributed by atoms with Crippen molar-refractivity contribution in [2.45, 2.75) is 34.9 Å². The Kier molecular flexibility index (Phi) is 3.78. The van der Waals surface area contributed by atoms with Crippen LogP contribution in [0.4, 0.5) is 5.69 Å². The number of benzene rings is 1. The van der Waals surface area contributed by atoms with Gasteiger partial charge in [-0.1, -0.05) is 11.6 Å². The van der Waals surface area contributed by atoms with Crippen molar-refractivity contribution in [2.75, 3.05) is 5.32 Å². The lowest BCUT2D eigenvalue weighted by atomic mass is 10.2. The van der Waals surface area contributed by atoms with E-state index in [-0.39, 0.29) is 12.3 Å². The number of amides is 2. The quantitative estimate of drug-likeness (QED) is 0.777. The molecule has 6 nitrogen and oxygen atoms in total. The molecule has 3 N–H and O–H groups in total. The maximum absolute atomic E-state index is 12.0. The van der Waals surface area contributed by atoms with Crippen molar-refractivity contribution in [1.29, 1.82) is 0 Å². The molecular weight excluding hydrogens is 328 g/mol. The fraction of sp³-hybridized carbons (Fsp3) is 0.357. The molecule has 1 heterocycles. The van der Waals surface area contributed by atoms with Crippen LogP contribution in [0.25, 0.3) is 0 Å². The predicted molar refractivity (Wildman–Crippen MR) is 82.1 cm³/mol. The van der Waals surface area contributed by atoms with Crippen molar-refractivity contribution < 1.29 is 19.5 Å². The van der Waals surface area contributed by atoms with Gasteiger partial charge in [0.2, 0.25) is 11.8 Å². The first-order valence-corrected chi connectivity index (χ1v) is 7.97. The molecule has 0 bridgehead atoms.